The fourth-order valence-electron chi connectivity index (χ4n) is 5.25. The minimum absolute atomic E-state index is 0.274. The molecule has 28 heavy (non-hydrogen) atoms. The molecule has 150 valence electrons. The molecule has 3 aliphatic heterocycles. The van der Waals surface area contributed by atoms with Gasteiger partial charge in [-0.1, -0.05) is 0 Å². The molecule has 0 radical (unpaired) electrons. The van der Waals surface area contributed by atoms with E-state index < -0.39 is 0 Å². The molecule has 9 heteroatoms. The van der Waals surface area contributed by atoms with Gasteiger partial charge in [0.1, 0.15) is 5.82 Å². The maximum atomic E-state index is 6.34. The summed E-state index contributed by atoms with van der Waals surface area (Å²) in [5, 5.41) is 5.95. The number of rotatable bonds is 2. The third-order valence-corrected chi connectivity index (χ3v) is 6.79. The Labute approximate surface area is 168 Å². The minimum atomic E-state index is -0.371. The highest BCUT2D eigenvalue weighted by molar-refractivity contribution is 6.28. The SMILES string of the molecule is Clc1nc(N2C[C@H]3CC[C@H](C2)O3)c2cnn(C3CCC4(CC3)OCCO4)c2n1. The molecule has 2 aromatic rings. The zero-order valence-corrected chi connectivity index (χ0v) is 16.5. The van der Waals surface area contributed by atoms with E-state index in [1.165, 1.54) is 0 Å². The summed E-state index contributed by atoms with van der Waals surface area (Å²) in [7, 11) is 0. The first kappa shape index (κ1) is 17.4. The lowest BCUT2D eigenvalue weighted by atomic mass is 9.90. The number of halogens is 1. The van der Waals surface area contributed by atoms with Crippen molar-refractivity contribution in [3.63, 3.8) is 0 Å². The minimum Gasteiger partial charge on any atom is -0.371 e. The van der Waals surface area contributed by atoms with Gasteiger partial charge in [-0.2, -0.15) is 15.1 Å². The van der Waals surface area contributed by atoms with Crippen LogP contribution in [0.25, 0.3) is 11.0 Å². The number of fused-ring (bicyclic) bond motifs is 3. The quantitative estimate of drug-likeness (QED) is 0.711. The topological polar surface area (TPSA) is 74.5 Å². The van der Waals surface area contributed by atoms with Crippen LogP contribution in [0.2, 0.25) is 5.28 Å². The van der Waals surface area contributed by atoms with Crippen molar-refractivity contribution in [2.45, 2.75) is 62.6 Å². The monoisotopic (exact) mass is 405 g/mol. The number of aromatic nitrogens is 4. The maximum absolute atomic E-state index is 6.34. The Kier molecular flexibility index (Phi) is 4.05. The van der Waals surface area contributed by atoms with Crippen molar-refractivity contribution in [2.75, 3.05) is 31.2 Å². The smallest absolute Gasteiger partial charge is 0.226 e. The Morgan fingerprint density at radius 2 is 1.71 bits per heavy atom. The molecule has 1 saturated carbocycles. The molecular formula is C19H24ClN5O3. The van der Waals surface area contributed by atoms with E-state index in [0.29, 0.717) is 25.4 Å². The van der Waals surface area contributed by atoms with Gasteiger partial charge in [-0.3, -0.25) is 0 Å². The van der Waals surface area contributed by atoms with Crippen LogP contribution in [0, 0.1) is 0 Å². The normalized spacial score (nSPS) is 30.0. The van der Waals surface area contributed by atoms with Crippen LogP contribution in [0.15, 0.2) is 6.20 Å². The average molecular weight is 406 g/mol. The Morgan fingerprint density at radius 3 is 2.43 bits per heavy atom. The molecule has 1 spiro atoms. The average Bonchev–Trinajstić information content (AvgIpc) is 3.41. The molecule has 2 aromatic heterocycles. The summed E-state index contributed by atoms with van der Waals surface area (Å²) in [6.45, 7) is 3.10. The van der Waals surface area contributed by atoms with Crippen molar-refractivity contribution in [1.82, 2.24) is 19.7 Å². The predicted molar refractivity (Wildman–Crippen MR) is 103 cm³/mol. The predicted octanol–water partition coefficient (Wildman–Crippen LogP) is 2.71. The van der Waals surface area contributed by atoms with Crippen molar-refractivity contribution in [2.24, 2.45) is 0 Å². The Balaban J connectivity index is 1.31. The van der Waals surface area contributed by atoms with Crippen molar-refractivity contribution in [3.05, 3.63) is 11.5 Å². The van der Waals surface area contributed by atoms with E-state index in [0.717, 1.165) is 68.5 Å². The van der Waals surface area contributed by atoms with Gasteiger partial charge in [-0.25, -0.2) is 4.68 Å². The summed E-state index contributed by atoms with van der Waals surface area (Å²) in [5.41, 5.74) is 0.822. The lowest BCUT2D eigenvalue weighted by Gasteiger charge is -2.35. The van der Waals surface area contributed by atoms with Crippen LogP contribution in [0.5, 0.6) is 0 Å². The third kappa shape index (κ3) is 2.81. The zero-order valence-electron chi connectivity index (χ0n) is 15.7. The van der Waals surface area contributed by atoms with Crippen molar-refractivity contribution in [1.29, 1.82) is 0 Å². The fraction of sp³-hybridized carbons (Fsp3) is 0.737. The first-order valence-electron chi connectivity index (χ1n) is 10.3. The number of nitrogens with zero attached hydrogens (tertiary/aromatic N) is 5. The molecule has 4 fully saturated rings. The summed E-state index contributed by atoms with van der Waals surface area (Å²) in [6, 6.07) is 0.274. The Hall–Kier alpha value is -1.48. The van der Waals surface area contributed by atoms with Crippen LogP contribution >= 0.6 is 11.6 Å². The molecule has 0 amide bonds. The van der Waals surface area contributed by atoms with Gasteiger partial charge in [0.25, 0.3) is 0 Å². The number of morpholine rings is 1. The van der Waals surface area contributed by atoms with Crippen molar-refractivity contribution in [3.8, 4) is 0 Å². The summed E-state index contributed by atoms with van der Waals surface area (Å²) in [4.78, 5) is 11.4. The van der Waals surface area contributed by atoms with Crippen molar-refractivity contribution < 1.29 is 14.2 Å². The summed E-state index contributed by atoms with van der Waals surface area (Å²) >= 11 is 6.34. The van der Waals surface area contributed by atoms with E-state index in [2.05, 4.69) is 14.9 Å². The second-order valence-corrected chi connectivity index (χ2v) is 8.68. The van der Waals surface area contributed by atoms with Crippen LogP contribution in [0.1, 0.15) is 44.6 Å². The van der Waals surface area contributed by atoms with Gasteiger partial charge in [0.15, 0.2) is 11.4 Å². The van der Waals surface area contributed by atoms with Gasteiger partial charge in [-0.15, -0.1) is 0 Å². The van der Waals surface area contributed by atoms with E-state index in [9.17, 15) is 0 Å². The van der Waals surface area contributed by atoms with Gasteiger partial charge < -0.3 is 19.1 Å². The van der Waals surface area contributed by atoms with Crippen LogP contribution < -0.4 is 4.90 Å². The van der Waals surface area contributed by atoms with E-state index in [-0.39, 0.29) is 17.1 Å². The Bertz CT molecular complexity index is 877. The largest absolute Gasteiger partial charge is 0.371 e. The first-order valence-corrected chi connectivity index (χ1v) is 10.7. The number of ether oxygens (including phenoxy) is 3. The van der Waals surface area contributed by atoms with E-state index >= 15 is 0 Å². The lowest BCUT2D eigenvalue weighted by Crippen LogP contribution is -2.43. The van der Waals surface area contributed by atoms with Gasteiger partial charge in [-0.05, 0) is 37.3 Å². The van der Waals surface area contributed by atoms with Gasteiger partial charge in [0.05, 0.1) is 43.0 Å². The van der Waals surface area contributed by atoms with Gasteiger partial charge >= 0.3 is 0 Å². The highest BCUT2D eigenvalue weighted by atomic mass is 35.5. The highest BCUT2D eigenvalue weighted by Gasteiger charge is 2.41. The van der Waals surface area contributed by atoms with Gasteiger partial charge in [0, 0.05) is 25.9 Å². The van der Waals surface area contributed by atoms with E-state index in [4.69, 9.17) is 30.9 Å². The second kappa shape index (κ2) is 6.52. The van der Waals surface area contributed by atoms with Crippen LogP contribution in [0.3, 0.4) is 0 Å². The fourth-order valence-corrected chi connectivity index (χ4v) is 5.41. The highest BCUT2D eigenvalue weighted by Crippen LogP contribution is 2.41. The molecule has 2 bridgehead atoms. The summed E-state index contributed by atoms with van der Waals surface area (Å²) in [5.74, 6) is 0.515. The number of hydrogen-bond donors (Lipinski definition) is 0. The molecule has 1 aliphatic carbocycles. The summed E-state index contributed by atoms with van der Waals surface area (Å²) < 4.78 is 19.7. The molecule has 5 heterocycles. The molecule has 6 rings (SSSR count). The molecule has 0 aromatic carbocycles. The molecule has 4 aliphatic rings. The standard InChI is InChI=1S/C19H24ClN5O3/c20-18-22-16(24-10-13-1-2-14(11-24)28-13)15-9-21-25(17(15)23-18)12-3-5-19(6-4-12)26-7-8-27-19/h9,12-14H,1-8,10-11H2/t13-,14-/m1/s1. The van der Waals surface area contributed by atoms with E-state index in [1.54, 1.807) is 0 Å². The number of anilines is 1. The summed E-state index contributed by atoms with van der Waals surface area (Å²) in [6.07, 6.45) is 8.40. The molecule has 3 saturated heterocycles. The van der Waals surface area contributed by atoms with Gasteiger partial charge in [0.2, 0.25) is 5.28 Å². The second-order valence-electron chi connectivity index (χ2n) is 8.34. The van der Waals surface area contributed by atoms with Crippen molar-refractivity contribution >= 4 is 28.5 Å². The maximum Gasteiger partial charge on any atom is 0.226 e. The molecule has 8 nitrogen and oxygen atoms in total. The van der Waals surface area contributed by atoms with E-state index in [1.807, 2.05) is 10.9 Å². The Morgan fingerprint density at radius 1 is 1.00 bits per heavy atom. The zero-order chi connectivity index (χ0) is 18.7. The lowest BCUT2D eigenvalue weighted by molar-refractivity contribution is -0.181. The molecular weight excluding hydrogens is 382 g/mol. The molecule has 0 N–H and O–H groups in total. The van der Waals surface area contributed by atoms with Crippen LogP contribution in [0.4, 0.5) is 5.82 Å². The number of hydrogen-bond acceptors (Lipinski definition) is 7. The van der Waals surface area contributed by atoms with Crippen LogP contribution in [-0.4, -0.2) is 64.0 Å². The molecule has 2 atom stereocenters. The first-order chi connectivity index (χ1) is 13.7. The third-order valence-electron chi connectivity index (χ3n) is 6.63. The van der Waals surface area contributed by atoms with Crippen LogP contribution in [-0.2, 0) is 14.2 Å². The molecule has 0 unspecified atom stereocenters.